The number of nitrogens with zero attached hydrogens (tertiary/aromatic N) is 2. The molecule has 1 saturated heterocycles. The molecule has 2 aromatic carbocycles. The van der Waals surface area contributed by atoms with E-state index in [4.69, 9.17) is 18.9 Å². The van der Waals surface area contributed by atoms with Gasteiger partial charge in [0.25, 0.3) is 5.91 Å². The van der Waals surface area contributed by atoms with Crippen molar-refractivity contribution in [3.05, 3.63) is 53.6 Å². The summed E-state index contributed by atoms with van der Waals surface area (Å²) in [7, 11) is 4.79. The third kappa shape index (κ3) is 4.61. The number of hydrogen-bond acceptors (Lipinski definition) is 6. The van der Waals surface area contributed by atoms with Crippen LogP contribution >= 0.6 is 0 Å². The van der Waals surface area contributed by atoms with Crippen molar-refractivity contribution in [3.63, 3.8) is 0 Å². The molecule has 0 spiro atoms. The second kappa shape index (κ2) is 10.1. The smallest absolute Gasteiger partial charge is 0.258 e. The first-order chi connectivity index (χ1) is 16.1. The first-order valence-electron chi connectivity index (χ1n) is 11.1. The zero-order valence-corrected chi connectivity index (χ0v) is 19.3. The highest BCUT2D eigenvalue weighted by Gasteiger charge is 2.41. The van der Waals surface area contributed by atoms with E-state index in [0.717, 1.165) is 5.56 Å². The number of hydrogen-bond donors (Lipinski definition) is 0. The molecule has 0 aliphatic carbocycles. The average molecular weight is 455 g/mol. The van der Waals surface area contributed by atoms with E-state index < -0.39 is 0 Å². The Kier molecular flexibility index (Phi) is 7.03. The van der Waals surface area contributed by atoms with Gasteiger partial charge in [0.2, 0.25) is 5.91 Å². The van der Waals surface area contributed by atoms with E-state index in [-0.39, 0.29) is 30.2 Å². The second-order valence-corrected chi connectivity index (χ2v) is 8.20. The van der Waals surface area contributed by atoms with Gasteiger partial charge in [-0.15, -0.1) is 0 Å². The molecule has 2 atom stereocenters. The number of methoxy groups -OCH3 is 3. The van der Waals surface area contributed by atoms with E-state index >= 15 is 0 Å². The monoisotopic (exact) mass is 454 g/mol. The fraction of sp³-hybridized carbons (Fsp3) is 0.440. The summed E-state index contributed by atoms with van der Waals surface area (Å²) in [4.78, 5) is 30.4. The topological polar surface area (TPSA) is 77.5 Å². The highest BCUT2D eigenvalue weighted by atomic mass is 16.5. The Balaban J connectivity index is 1.76. The van der Waals surface area contributed by atoms with Gasteiger partial charge < -0.3 is 28.7 Å². The van der Waals surface area contributed by atoms with Gasteiger partial charge in [-0.2, -0.15) is 0 Å². The summed E-state index contributed by atoms with van der Waals surface area (Å²) >= 11 is 0. The molecule has 176 valence electrons. The fourth-order valence-electron chi connectivity index (χ4n) is 4.65. The summed E-state index contributed by atoms with van der Waals surface area (Å²) in [5.41, 5.74) is 1.39. The lowest BCUT2D eigenvalue weighted by Crippen LogP contribution is -2.51. The number of rotatable bonds is 6. The first-order valence-corrected chi connectivity index (χ1v) is 11.1. The number of fused-ring (bicyclic) bond motifs is 3. The molecule has 8 nitrogen and oxygen atoms in total. The molecule has 2 amide bonds. The molecule has 2 heterocycles. The van der Waals surface area contributed by atoms with Gasteiger partial charge in [-0.25, -0.2) is 0 Å². The summed E-state index contributed by atoms with van der Waals surface area (Å²) < 4.78 is 22.1. The van der Waals surface area contributed by atoms with Gasteiger partial charge in [-0.05, 0) is 24.3 Å². The highest BCUT2D eigenvalue weighted by Crippen LogP contribution is 2.43. The Morgan fingerprint density at radius 3 is 2.70 bits per heavy atom. The van der Waals surface area contributed by atoms with E-state index in [1.165, 1.54) is 0 Å². The molecule has 0 radical (unpaired) electrons. The first kappa shape index (κ1) is 22.9. The normalized spacial score (nSPS) is 20.2. The summed E-state index contributed by atoms with van der Waals surface area (Å²) in [5, 5.41) is 0. The largest absolute Gasteiger partial charge is 0.497 e. The van der Waals surface area contributed by atoms with Crippen LogP contribution in [0.2, 0.25) is 0 Å². The molecule has 2 aromatic rings. The summed E-state index contributed by atoms with van der Waals surface area (Å²) in [6.07, 6.45) is 0.236. The highest BCUT2D eigenvalue weighted by molar-refractivity contribution is 5.97. The van der Waals surface area contributed by atoms with Gasteiger partial charge in [0, 0.05) is 50.7 Å². The molecule has 8 heteroatoms. The third-order valence-corrected chi connectivity index (χ3v) is 6.31. The molecule has 0 unspecified atom stereocenters. The minimum Gasteiger partial charge on any atom is -0.497 e. The molecule has 0 bridgehead atoms. The molecule has 33 heavy (non-hydrogen) atoms. The van der Waals surface area contributed by atoms with Gasteiger partial charge in [0.05, 0.1) is 39.0 Å². The number of carbonyl (C=O) groups is 2. The van der Waals surface area contributed by atoms with Crippen LogP contribution in [0, 0.1) is 5.92 Å². The van der Waals surface area contributed by atoms with E-state index in [1.807, 2.05) is 40.1 Å². The molecule has 2 aliphatic heterocycles. The molecule has 0 N–H and O–H groups in total. The number of carbonyl (C=O) groups excluding carboxylic acids is 2. The molecule has 0 aromatic heterocycles. The lowest BCUT2D eigenvalue weighted by Gasteiger charge is -2.44. The number of para-hydroxylation sites is 1. The van der Waals surface area contributed by atoms with Crippen LogP contribution in [0.25, 0.3) is 0 Å². The lowest BCUT2D eigenvalue weighted by molar-refractivity contribution is -0.135. The van der Waals surface area contributed by atoms with Crippen molar-refractivity contribution in [2.24, 2.45) is 5.92 Å². The van der Waals surface area contributed by atoms with Crippen LogP contribution in [-0.4, -0.2) is 75.8 Å². The van der Waals surface area contributed by atoms with Crippen LogP contribution in [0.4, 0.5) is 0 Å². The number of ether oxygens (including phenoxy) is 4. The van der Waals surface area contributed by atoms with Crippen LogP contribution in [0.3, 0.4) is 0 Å². The number of amides is 2. The van der Waals surface area contributed by atoms with Crippen LogP contribution in [0.5, 0.6) is 17.2 Å². The molecular formula is C25H30N2O6. The van der Waals surface area contributed by atoms with Gasteiger partial charge in [-0.3, -0.25) is 9.59 Å². The van der Waals surface area contributed by atoms with Crippen molar-refractivity contribution in [1.29, 1.82) is 0 Å². The summed E-state index contributed by atoms with van der Waals surface area (Å²) in [6, 6.07) is 12.6. The Labute approximate surface area is 194 Å². The predicted molar refractivity (Wildman–Crippen MR) is 122 cm³/mol. The van der Waals surface area contributed by atoms with Crippen molar-refractivity contribution in [3.8, 4) is 17.2 Å². The van der Waals surface area contributed by atoms with Gasteiger partial charge >= 0.3 is 0 Å². The van der Waals surface area contributed by atoms with Crippen LogP contribution < -0.4 is 14.2 Å². The summed E-state index contributed by atoms with van der Waals surface area (Å²) in [5.74, 6) is 1.65. The van der Waals surface area contributed by atoms with Crippen molar-refractivity contribution in [2.75, 3.05) is 54.2 Å². The molecule has 0 saturated carbocycles. The number of benzene rings is 2. The van der Waals surface area contributed by atoms with E-state index in [0.29, 0.717) is 55.7 Å². The van der Waals surface area contributed by atoms with Crippen molar-refractivity contribution in [1.82, 2.24) is 9.80 Å². The molecule has 1 fully saturated rings. The Bertz CT molecular complexity index is 1010. The van der Waals surface area contributed by atoms with E-state index in [1.54, 1.807) is 33.5 Å². The average Bonchev–Trinajstić information content (AvgIpc) is 2.85. The van der Waals surface area contributed by atoms with Gasteiger partial charge in [-0.1, -0.05) is 12.1 Å². The standard InChI is InChI=1S/C25H30N2O6/c1-30-13-12-26-15-17-16-33-22-14-18(31-2)8-9-19(22)24(17)27(11-10-23(26)28)25(29)20-6-4-5-7-21(20)32-3/h4-9,14,17,24H,10-13,15-16H2,1-3H3/t17-,24-/m0/s1. The van der Waals surface area contributed by atoms with Crippen molar-refractivity contribution in [2.45, 2.75) is 12.5 Å². The van der Waals surface area contributed by atoms with Gasteiger partial charge in [0.1, 0.15) is 17.2 Å². The predicted octanol–water partition coefficient (Wildman–Crippen LogP) is 2.77. The SMILES string of the molecule is COCCN1C[C@H]2COc3cc(OC)ccc3[C@H]2N(C(=O)c2ccccc2OC)CCC1=O. The lowest BCUT2D eigenvalue weighted by atomic mass is 9.87. The quantitative estimate of drug-likeness (QED) is 0.668. The minimum atomic E-state index is -0.254. The van der Waals surface area contributed by atoms with Crippen LogP contribution in [0.1, 0.15) is 28.4 Å². The summed E-state index contributed by atoms with van der Waals surface area (Å²) in [6.45, 7) is 2.13. The zero-order chi connectivity index (χ0) is 23.4. The third-order valence-electron chi connectivity index (χ3n) is 6.31. The van der Waals surface area contributed by atoms with E-state index in [9.17, 15) is 9.59 Å². The van der Waals surface area contributed by atoms with Gasteiger partial charge in [0.15, 0.2) is 0 Å². The molecular weight excluding hydrogens is 424 g/mol. The Hall–Kier alpha value is -3.26. The molecule has 4 rings (SSSR count). The minimum absolute atomic E-state index is 0.00357. The molecule has 2 aliphatic rings. The second-order valence-electron chi connectivity index (χ2n) is 8.20. The van der Waals surface area contributed by atoms with E-state index in [2.05, 4.69) is 0 Å². The zero-order valence-electron chi connectivity index (χ0n) is 19.3. The van der Waals surface area contributed by atoms with Crippen LogP contribution in [0.15, 0.2) is 42.5 Å². The fourth-order valence-corrected chi connectivity index (χ4v) is 4.65. The Morgan fingerprint density at radius 2 is 1.94 bits per heavy atom. The Morgan fingerprint density at radius 1 is 1.12 bits per heavy atom. The maximum Gasteiger partial charge on any atom is 0.258 e. The van der Waals surface area contributed by atoms with Crippen molar-refractivity contribution < 1.29 is 28.5 Å². The van der Waals surface area contributed by atoms with Crippen molar-refractivity contribution >= 4 is 11.8 Å². The maximum atomic E-state index is 13.8. The maximum absolute atomic E-state index is 13.8. The van der Waals surface area contributed by atoms with Crippen LogP contribution in [-0.2, 0) is 9.53 Å².